The summed E-state index contributed by atoms with van der Waals surface area (Å²) in [6, 6.07) is 4.94. The van der Waals surface area contributed by atoms with Crippen molar-refractivity contribution in [2.75, 3.05) is 23.3 Å². The third-order valence-electron chi connectivity index (χ3n) is 4.76. The first-order chi connectivity index (χ1) is 13.3. The van der Waals surface area contributed by atoms with Crippen LogP contribution in [0.15, 0.2) is 30.6 Å². The number of hydrogen-bond acceptors (Lipinski definition) is 6. The first-order valence-electron chi connectivity index (χ1n) is 8.96. The number of nitrogens with one attached hydrogen (secondary N) is 1. The summed E-state index contributed by atoms with van der Waals surface area (Å²) in [5.74, 6) is 0.847. The van der Waals surface area contributed by atoms with Crippen LogP contribution < -0.4 is 10.2 Å². The van der Waals surface area contributed by atoms with E-state index in [0.29, 0.717) is 25.9 Å². The smallest absolute Gasteiger partial charge is 0.382 e. The Balaban J connectivity index is 1.67. The van der Waals surface area contributed by atoms with Crippen LogP contribution >= 0.6 is 0 Å². The molecule has 7 nitrogen and oxygen atoms in total. The van der Waals surface area contributed by atoms with E-state index >= 15 is 0 Å². The lowest BCUT2D eigenvalue weighted by atomic mass is 10.0. The van der Waals surface area contributed by atoms with Gasteiger partial charge in [0.25, 0.3) is 5.69 Å². The predicted octanol–water partition coefficient (Wildman–Crippen LogP) is 4.05. The number of nitrogens with zero attached hydrogens (tertiary/aromatic N) is 4. The van der Waals surface area contributed by atoms with E-state index in [9.17, 15) is 23.3 Å². The van der Waals surface area contributed by atoms with E-state index in [-0.39, 0.29) is 11.7 Å². The Morgan fingerprint density at radius 2 is 1.96 bits per heavy atom. The first kappa shape index (κ1) is 19.8. The minimum atomic E-state index is -4.78. The van der Waals surface area contributed by atoms with Gasteiger partial charge < -0.3 is 10.2 Å². The largest absolute Gasteiger partial charge is 0.423 e. The molecule has 3 rings (SSSR count). The maximum atomic E-state index is 13.1. The highest BCUT2D eigenvalue weighted by atomic mass is 19.4. The Labute approximate surface area is 159 Å². The monoisotopic (exact) mass is 395 g/mol. The summed E-state index contributed by atoms with van der Waals surface area (Å²) < 4.78 is 39.4. The van der Waals surface area contributed by atoms with Crippen molar-refractivity contribution in [2.45, 2.75) is 38.4 Å². The van der Waals surface area contributed by atoms with Crippen molar-refractivity contribution in [3.8, 4) is 0 Å². The second-order valence-electron chi connectivity index (χ2n) is 6.61. The summed E-state index contributed by atoms with van der Waals surface area (Å²) in [6.45, 7) is 3.43. The predicted molar refractivity (Wildman–Crippen MR) is 98.4 cm³/mol. The average Bonchev–Trinajstić information content (AvgIpc) is 2.68. The Morgan fingerprint density at radius 3 is 2.57 bits per heavy atom. The molecule has 2 heterocycles. The number of halogens is 3. The van der Waals surface area contributed by atoms with Gasteiger partial charge in [-0.3, -0.25) is 10.1 Å². The summed E-state index contributed by atoms with van der Waals surface area (Å²) in [5, 5.41) is 13.9. The number of nitro benzene ring substituents is 1. The highest BCUT2D eigenvalue weighted by Crippen LogP contribution is 2.38. The topological polar surface area (TPSA) is 84.2 Å². The quantitative estimate of drug-likeness (QED) is 0.607. The normalized spacial score (nSPS) is 15.5. The second-order valence-corrected chi connectivity index (χ2v) is 6.61. The van der Waals surface area contributed by atoms with Crippen molar-refractivity contribution in [3.63, 3.8) is 0 Å². The van der Waals surface area contributed by atoms with Crippen molar-refractivity contribution >= 4 is 17.2 Å². The summed E-state index contributed by atoms with van der Waals surface area (Å²) in [5.41, 5.74) is -1.00. The fraction of sp³-hybridized carbons (Fsp3) is 0.444. The lowest BCUT2D eigenvalue weighted by Gasteiger charge is -2.33. The number of alkyl halides is 3. The molecule has 0 saturated carbocycles. The second kappa shape index (κ2) is 7.99. The molecule has 0 spiro atoms. The Morgan fingerprint density at radius 1 is 1.25 bits per heavy atom. The molecule has 0 bridgehead atoms. The molecule has 0 aliphatic carbocycles. The summed E-state index contributed by atoms with van der Waals surface area (Å²) in [4.78, 5) is 20.4. The third-order valence-corrected chi connectivity index (χ3v) is 4.76. The molecular formula is C18H20F3N5O2. The molecule has 10 heteroatoms. The van der Waals surface area contributed by atoms with Crippen LogP contribution in [-0.2, 0) is 12.6 Å². The van der Waals surface area contributed by atoms with Gasteiger partial charge in [0.2, 0.25) is 0 Å². The maximum Gasteiger partial charge on any atom is 0.423 e. The van der Waals surface area contributed by atoms with Crippen molar-refractivity contribution < 1.29 is 18.1 Å². The summed E-state index contributed by atoms with van der Waals surface area (Å²) >= 11 is 0. The van der Waals surface area contributed by atoms with E-state index in [1.54, 1.807) is 0 Å². The van der Waals surface area contributed by atoms with Crippen molar-refractivity contribution in [1.29, 1.82) is 0 Å². The van der Waals surface area contributed by atoms with E-state index in [2.05, 4.69) is 20.2 Å². The van der Waals surface area contributed by atoms with Gasteiger partial charge in [-0.25, -0.2) is 9.97 Å². The van der Waals surface area contributed by atoms with Crippen LogP contribution in [0, 0.1) is 10.1 Å². The van der Waals surface area contributed by atoms with E-state index < -0.39 is 22.4 Å². The molecule has 0 radical (unpaired) electrons. The lowest BCUT2D eigenvalue weighted by Crippen LogP contribution is -2.39. The van der Waals surface area contributed by atoms with Gasteiger partial charge in [0.05, 0.1) is 4.92 Å². The first-order valence-corrected chi connectivity index (χ1v) is 8.96. The molecule has 2 aromatic rings. The van der Waals surface area contributed by atoms with E-state index in [1.165, 1.54) is 12.4 Å². The molecular weight excluding hydrogens is 375 g/mol. The molecule has 1 aromatic carbocycles. The van der Waals surface area contributed by atoms with Gasteiger partial charge in [-0.1, -0.05) is 6.92 Å². The van der Waals surface area contributed by atoms with Gasteiger partial charge in [-0.2, -0.15) is 13.2 Å². The molecule has 0 amide bonds. The van der Waals surface area contributed by atoms with Crippen molar-refractivity contribution in [2.24, 2.45) is 0 Å². The van der Waals surface area contributed by atoms with Crippen LogP contribution in [0.2, 0.25) is 0 Å². The fourth-order valence-electron chi connectivity index (χ4n) is 3.25. The molecule has 1 aromatic heterocycles. The van der Waals surface area contributed by atoms with Gasteiger partial charge in [0.1, 0.15) is 17.7 Å². The Kier molecular flexibility index (Phi) is 5.66. The summed E-state index contributed by atoms with van der Waals surface area (Å²) in [6.07, 6.45) is -1.01. The van der Waals surface area contributed by atoms with Crippen molar-refractivity contribution in [3.05, 3.63) is 52.0 Å². The zero-order chi connectivity index (χ0) is 20.3. The van der Waals surface area contributed by atoms with E-state index in [4.69, 9.17) is 0 Å². The highest BCUT2D eigenvalue weighted by molar-refractivity contribution is 5.55. The molecule has 1 aliphatic rings. The van der Waals surface area contributed by atoms with Gasteiger partial charge in [-0.05, 0) is 31.4 Å². The minimum absolute atomic E-state index is 0.0220. The minimum Gasteiger partial charge on any atom is -0.382 e. The molecule has 1 fully saturated rings. The zero-order valence-electron chi connectivity index (χ0n) is 15.2. The number of benzene rings is 1. The average molecular weight is 395 g/mol. The summed E-state index contributed by atoms with van der Waals surface area (Å²) in [7, 11) is 0. The van der Waals surface area contributed by atoms with Crippen LogP contribution in [0.1, 0.15) is 31.0 Å². The fourth-order valence-corrected chi connectivity index (χ4v) is 3.25. The number of piperidine rings is 1. The number of rotatable bonds is 5. The Bertz CT molecular complexity index is 851. The van der Waals surface area contributed by atoms with E-state index in [0.717, 1.165) is 30.1 Å². The molecule has 150 valence electrons. The molecule has 0 atom stereocenters. The number of anilines is 2. The number of hydrogen-bond donors (Lipinski definition) is 1. The van der Waals surface area contributed by atoms with Crippen LogP contribution in [0.3, 0.4) is 0 Å². The number of aromatic nitrogens is 2. The van der Waals surface area contributed by atoms with Gasteiger partial charge in [-0.15, -0.1) is 0 Å². The number of aryl methyl sites for hydroxylation is 1. The SMILES string of the molecule is CCc1cc(N2CCC(Nc3ccc([N+](=O)[O-])c(C(F)(F)F)c3)CC2)ncn1. The van der Waals surface area contributed by atoms with Crippen molar-refractivity contribution in [1.82, 2.24) is 9.97 Å². The maximum absolute atomic E-state index is 13.1. The van der Waals surface area contributed by atoms with Gasteiger partial charge >= 0.3 is 6.18 Å². The van der Waals surface area contributed by atoms with E-state index in [1.807, 2.05) is 13.0 Å². The Hall–Kier alpha value is -2.91. The highest BCUT2D eigenvalue weighted by Gasteiger charge is 2.38. The number of nitro groups is 1. The van der Waals surface area contributed by atoms with Crippen LogP contribution in [-0.4, -0.2) is 34.0 Å². The van der Waals surface area contributed by atoms with Crippen LogP contribution in [0.5, 0.6) is 0 Å². The van der Waals surface area contributed by atoms with Crippen LogP contribution in [0.25, 0.3) is 0 Å². The molecule has 28 heavy (non-hydrogen) atoms. The standard InChI is InChI=1S/C18H20F3N5O2/c1-2-12-10-17(23-11-22-12)25-7-5-13(6-8-25)24-14-3-4-16(26(27)28)15(9-14)18(19,20)21/h3-4,9-11,13,24H,2,5-8H2,1H3. The van der Waals surface area contributed by atoms with Gasteiger partial charge in [0, 0.05) is 42.6 Å². The molecule has 0 unspecified atom stereocenters. The van der Waals surface area contributed by atoms with Gasteiger partial charge in [0.15, 0.2) is 0 Å². The lowest BCUT2D eigenvalue weighted by molar-refractivity contribution is -0.388. The molecule has 1 N–H and O–H groups in total. The third kappa shape index (κ3) is 4.49. The molecule has 1 saturated heterocycles. The molecule has 1 aliphatic heterocycles. The van der Waals surface area contributed by atoms with Crippen LogP contribution in [0.4, 0.5) is 30.4 Å². The zero-order valence-corrected chi connectivity index (χ0v) is 15.2.